The van der Waals surface area contributed by atoms with Gasteiger partial charge in [0.2, 0.25) is 0 Å². The summed E-state index contributed by atoms with van der Waals surface area (Å²) in [6.45, 7) is 2.03. The van der Waals surface area contributed by atoms with Crippen LogP contribution in [-0.2, 0) is 11.3 Å². The number of aliphatic hydroxyl groups is 1. The summed E-state index contributed by atoms with van der Waals surface area (Å²) in [4.78, 5) is 26.8. The van der Waals surface area contributed by atoms with Crippen molar-refractivity contribution < 1.29 is 14.7 Å². The Bertz CT molecular complexity index is 740. The zero-order valence-electron chi connectivity index (χ0n) is 16.7. The van der Waals surface area contributed by atoms with Gasteiger partial charge in [0.25, 0.3) is 0 Å². The molecule has 29 heavy (non-hydrogen) atoms. The van der Waals surface area contributed by atoms with Crippen LogP contribution in [0.15, 0.2) is 24.3 Å². The molecular weight excluding hydrogens is 390 g/mol. The molecule has 3 aliphatic rings. The van der Waals surface area contributed by atoms with Crippen LogP contribution >= 0.6 is 11.6 Å². The SMILES string of the molecule is O=C(NCc1ccc(Cl)cc1)NC1CC2(C1)CC(C(=O)CN1CCC[C@H]1CO)C2. The van der Waals surface area contributed by atoms with Gasteiger partial charge in [-0.3, -0.25) is 9.69 Å². The second-order valence-corrected chi connectivity index (χ2v) is 9.52. The Hall–Kier alpha value is -1.63. The average Bonchev–Trinajstić information content (AvgIpc) is 3.09. The molecule has 1 saturated heterocycles. The second kappa shape index (κ2) is 8.62. The molecule has 0 bridgehead atoms. The van der Waals surface area contributed by atoms with Crippen molar-refractivity contribution in [3.8, 4) is 0 Å². The molecule has 7 heteroatoms. The van der Waals surface area contributed by atoms with Crippen LogP contribution in [0.3, 0.4) is 0 Å². The summed E-state index contributed by atoms with van der Waals surface area (Å²) in [7, 11) is 0. The maximum absolute atomic E-state index is 12.6. The van der Waals surface area contributed by atoms with Crippen LogP contribution in [0.5, 0.6) is 0 Å². The van der Waals surface area contributed by atoms with Crippen LogP contribution < -0.4 is 10.6 Å². The van der Waals surface area contributed by atoms with Gasteiger partial charge in [-0.2, -0.15) is 0 Å². The number of amides is 2. The third-order valence-corrected chi connectivity index (χ3v) is 7.20. The van der Waals surface area contributed by atoms with Gasteiger partial charge >= 0.3 is 6.03 Å². The van der Waals surface area contributed by atoms with Crippen molar-refractivity contribution in [2.75, 3.05) is 19.7 Å². The molecule has 1 aliphatic heterocycles. The number of nitrogens with one attached hydrogen (secondary N) is 2. The molecule has 6 nitrogen and oxygen atoms in total. The first-order chi connectivity index (χ1) is 14.0. The molecule has 3 fully saturated rings. The first kappa shape index (κ1) is 20.6. The Kier molecular flexibility index (Phi) is 6.13. The lowest BCUT2D eigenvalue weighted by Gasteiger charge is -2.57. The Labute approximate surface area is 177 Å². The topological polar surface area (TPSA) is 81.7 Å². The van der Waals surface area contributed by atoms with E-state index in [1.54, 1.807) is 0 Å². The van der Waals surface area contributed by atoms with E-state index in [0.717, 1.165) is 50.6 Å². The molecule has 2 aliphatic carbocycles. The number of likely N-dealkylation sites (tertiary alicyclic amines) is 1. The van der Waals surface area contributed by atoms with Crippen molar-refractivity contribution >= 4 is 23.4 Å². The van der Waals surface area contributed by atoms with Gasteiger partial charge in [0.05, 0.1) is 13.2 Å². The fourth-order valence-corrected chi connectivity index (χ4v) is 5.42. The molecule has 2 saturated carbocycles. The molecular formula is C22H30ClN3O3. The molecule has 0 radical (unpaired) electrons. The zero-order chi connectivity index (χ0) is 20.4. The first-order valence-electron chi connectivity index (χ1n) is 10.6. The van der Waals surface area contributed by atoms with Gasteiger partial charge in [-0.1, -0.05) is 23.7 Å². The van der Waals surface area contributed by atoms with Gasteiger partial charge in [-0.05, 0) is 68.2 Å². The van der Waals surface area contributed by atoms with Crippen LogP contribution in [0.25, 0.3) is 0 Å². The minimum atomic E-state index is -0.143. The fourth-order valence-electron chi connectivity index (χ4n) is 5.29. The smallest absolute Gasteiger partial charge is 0.315 e. The van der Waals surface area contributed by atoms with Crippen LogP contribution in [0, 0.1) is 11.3 Å². The molecule has 1 heterocycles. The average molecular weight is 420 g/mol. The van der Waals surface area contributed by atoms with E-state index in [1.807, 2.05) is 24.3 Å². The fraction of sp³-hybridized carbons (Fsp3) is 0.636. The number of carbonyl (C=O) groups excluding carboxylic acids is 2. The van der Waals surface area contributed by atoms with Gasteiger partial charge in [-0.15, -0.1) is 0 Å². The Morgan fingerprint density at radius 2 is 1.90 bits per heavy atom. The summed E-state index contributed by atoms with van der Waals surface area (Å²) < 4.78 is 0. The molecule has 0 unspecified atom stereocenters. The van der Waals surface area contributed by atoms with E-state index in [2.05, 4.69) is 15.5 Å². The van der Waals surface area contributed by atoms with E-state index in [-0.39, 0.29) is 36.1 Å². The summed E-state index contributed by atoms with van der Waals surface area (Å²) in [5.41, 5.74) is 1.27. The standard InChI is InChI=1S/C22H30ClN3O3/c23-17-5-3-15(4-6-17)12-24-21(29)25-18-10-22(11-18)8-16(9-22)20(28)13-26-7-1-2-19(26)14-27/h3-6,16,18-19,27H,1-2,7-14H2,(H2,24,25,29)/t16?,18?,19-,22?/m0/s1. The van der Waals surface area contributed by atoms with Gasteiger partial charge in [0.15, 0.2) is 0 Å². The normalized spacial score (nSPS) is 31.2. The number of urea groups is 1. The Balaban J connectivity index is 1.13. The highest BCUT2D eigenvalue weighted by Gasteiger charge is 2.55. The molecule has 1 aromatic carbocycles. The number of Topliss-reactive ketones (excluding diaryl/α,β-unsaturated/α-hetero) is 1. The van der Waals surface area contributed by atoms with Crippen LogP contribution in [-0.4, -0.2) is 53.6 Å². The van der Waals surface area contributed by atoms with Gasteiger partial charge in [-0.25, -0.2) is 4.79 Å². The molecule has 0 aromatic heterocycles. The minimum Gasteiger partial charge on any atom is -0.395 e. The lowest BCUT2D eigenvalue weighted by Crippen LogP contribution is -2.59. The number of aliphatic hydroxyl groups excluding tert-OH is 1. The van der Waals surface area contributed by atoms with Crippen molar-refractivity contribution in [3.05, 3.63) is 34.9 Å². The van der Waals surface area contributed by atoms with Crippen LogP contribution in [0.1, 0.15) is 44.1 Å². The summed E-state index contributed by atoms with van der Waals surface area (Å²) in [6, 6.07) is 7.65. The van der Waals surface area contributed by atoms with E-state index in [4.69, 9.17) is 11.6 Å². The number of ketones is 1. The molecule has 1 atom stereocenters. The second-order valence-electron chi connectivity index (χ2n) is 9.08. The monoisotopic (exact) mass is 419 g/mol. The summed E-state index contributed by atoms with van der Waals surface area (Å²) in [5.74, 6) is 0.489. The molecule has 158 valence electrons. The number of halogens is 1. The van der Waals surface area contributed by atoms with Crippen molar-refractivity contribution in [1.82, 2.24) is 15.5 Å². The number of rotatable bonds is 7. The van der Waals surface area contributed by atoms with E-state index < -0.39 is 0 Å². The number of hydrogen-bond donors (Lipinski definition) is 3. The zero-order valence-corrected chi connectivity index (χ0v) is 17.5. The minimum absolute atomic E-state index is 0.143. The van der Waals surface area contributed by atoms with Gasteiger partial charge in [0.1, 0.15) is 5.78 Å². The lowest BCUT2D eigenvalue weighted by molar-refractivity contribution is -0.137. The summed E-state index contributed by atoms with van der Waals surface area (Å²) in [5, 5.41) is 16.0. The van der Waals surface area contributed by atoms with E-state index in [1.165, 1.54) is 0 Å². The van der Waals surface area contributed by atoms with Crippen molar-refractivity contribution in [1.29, 1.82) is 0 Å². The van der Waals surface area contributed by atoms with Crippen molar-refractivity contribution in [2.45, 2.75) is 57.2 Å². The van der Waals surface area contributed by atoms with E-state index >= 15 is 0 Å². The third kappa shape index (κ3) is 4.76. The number of hydrogen-bond acceptors (Lipinski definition) is 4. The highest BCUT2D eigenvalue weighted by molar-refractivity contribution is 6.30. The van der Waals surface area contributed by atoms with Crippen molar-refractivity contribution in [2.24, 2.45) is 11.3 Å². The van der Waals surface area contributed by atoms with Crippen LogP contribution in [0.4, 0.5) is 4.79 Å². The predicted molar refractivity (Wildman–Crippen MR) is 112 cm³/mol. The molecule has 1 spiro atoms. The maximum atomic E-state index is 12.6. The third-order valence-electron chi connectivity index (χ3n) is 6.94. The van der Waals surface area contributed by atoms with Gasteiger partial charge < -0.3 is 15.7 Å². The summed E-state index contributed by atoms with van der Waals surface area (Å²) >= 11 is 5.87. The molecule has 3 N–H and O–H groups in total. The van der Waals surface area contributed by atoms with Crippen molar-refractivity contribution in [3.63, 3.8) is 0 Å². The Morgan fingerprint density at radius 1 is 1.17 bits per heavy atom. The molecule has 1 aromatic rings. The quantitative estimate of drug-likeness (QED) is 0.634. The first-order valence-corrected chi connectivity index (χ1v) is 11.0. The Morgan fingerprint density at radius 3 is 2.59 bits per heavy atom. The van der Waals surface area contributed by atoms with Gasteiger partial charge in [0, 0.05) is 29.6 Å². The predicted octanol–water partition coefficient (Wildman–Crippen LogP) is 2.72. The summed E-state index contributed by atoms with van der Waals surface area (Å²) in [6.07, 6.45) is 5.90. The number of carbonyl (C=O) groups is 2. The molecule has 2 amide bonds. The lowest BCUT2D eigenvalue weighted by atomic mass is 9.49. The highest BCUT2D eigenvalue weighted by Crippen LogP contribution is 2.58. The number of benzene rings is 1. The largest absolute Gasteiger partial charge is 0.395 e. The van der Waals surface area contributed by atoms with E-state index in [9.17, 15) is 14.7 Å². The number of nitrogens with zero attached hydrogens (tertiary/aromatic N) is 1. The maximum Gasteiger partial charge on any atom is 0.315 e. The van der Waals surface area contributed by atoms with Crippen LogP contribution in [0.2, 0.25) is 5.02 Å². The highest BCUT2D eigenvalue weighted by atomic mass is 35.5. The van der Waals surface area contributed by atoms with E-state index in [0.29, 0.717) is 23.9 Å². The molecule has 4 rings (SSSR count).